The van der Waals surface area contributed by atoms with Gasteiger partial charge >= 0.3 is 0 Å². The molecule has 0 heterocycles. The van der Waals surface area contributed by atoms with Gasteiger partial charge in [0, 0.05) is 11.3 Å². The molecule has 1 aromatic carbocycles. The minimum Gasteiger partial charge on any atom is -0.300 e. The second kappa shape index (κ2) is 5.39. The number of ketones is 1. The third-order valence-electron chi connectivity index (χ3n) is 2.45. The Labute approximate surface area is 94.4 Å². The summed E-state index contributed by atoms with van der Waals surface area (Å²) in [5.41, 5.74) is 1.96. The van der Waals surface area contributed by atoms with E-state index in [1.807, 2.05) is 31.2 Å². The van der Waals surface area contributed by atoms with Crippen LogP contribution in [0.1, 0.15) is 30.4 Å². The van der Waals surface area contributed by atoms with Gasteiger partial charge in [-0.15, -0.1) is 0 Å². The third-order valence-corrected chi connectivity index (χ3v) is 2.45. The Morgan fingerprint density at radius 2 is 1.94 bits per heavy atom. The van der Waals surface area contributed by atoms with Crippen molar-refractivity contribution in [2.24, 2.45) is 0 Å². The minimum absolute atomic E-state index is 0.0209. The van der Waals surface area contributed by atoms with Crippen LogP contribution >= 0.6 is 0 Å². The summed E-state index contributed by atoms with van der Waals surface area (Å²) in [7, 11) is 0. The van der Waals surface area contributed by atoms with Crippen molar-refractivity contribution >= 4 is 5.78 Å². The molecule has 0 saturated heterocycles. The van der Waals surface area contributed by atoms with Crippen LogP contribution in [0.15, 0.2) is 24.3 Å². The molecule has 0 saturated carbocycles. The van der Waals surface area contributed by atoms with Crippen LogP contribution in [0.5, 0.6) is 0 Å². The molecule has 1 aromatic rings. The van der Waals surface area contributed by atoms with Crippen molar-refractivity contribution in [1.29, 1.82) is 0 Å². The smallest absolute Gasteiger partial charge is 0.211 e. The van der Waals surface area contributed by atoms with E-state index < -0.39 is 0 Å². The van der Waals surface area contributed by atoms with E-state index in [1.54, 1.807) is 0 Å². The van der Waals surface area contributed by atoms with Gasteiger partial charge in [-0.3, -0.25) is 10.1 Å². The number of Topliss-reactive ketones (excluding diaryl/α,β-unsaturated/α-hetero) is 1. The summed E-state index contributed by atoms with van der Waals surface area (Å²) < 4.78 is 0. The van der Waals surface area contributed by atoms with Gasteiger partial charge in [0.1, 0.15) is 5.78 Å². The molecular formula is C12H15NO3. The van der Waals surface area contributed by atoms with Gasteiger partial charge in [-0.1, -0.05) is 29.8 Å². The van der Waals surface area contributed by atoms with Crippen molar-refractivity contribution in [3.63, 3.8) is 0 Å². The lowest BCUT2D eigenvalue weighted by atomic mass is 9.93. The summed E-state index contributed by atoms with van der Waals surface area (Å²) in [6.45, 7) is 3.22. The molecule has 0 unspecified atom stereocenters. The molecule has 0 amide bonds. The minimum atomic E-state index is -0.368. The van der Waals surface area contributed by atoms with Crippen LogP contribution < -0.4 is 0 Å². The average Bonchev–Trinajstić information content (AvgIpc) is 2.16. The molecule has 0 aliphatic carbocycles. The number of carbonyl (C=O) groups is 1. The highest BCUT2D eigenvalue weighted by molar-refractivity contribution is 5.76. The number of benzene rings is 1. The molecular weight excluding hydrogens is 206 g/mol. The lowest BCUT2D eigenvalue weighted by Crippen LogP contribution is -2.15. The summed E-state index contributed by atoms with van der Waals surface area (Å²) in [6, 6.07) is 7.52. The first-order valence-electron chi connectivity index (χ1n) is 5.17. The SMILES string of the molecule is CC(=O)C[C@@H](C[N+](=O)[O-])c1ccc(C)cc1. The zero-order valence-corrected chi connectivity index (χ0v) is 9.47. The molecule has 1 rings (SSSR count). The second-order valence-electron chi connectivity index (χ2n) is 4.03. The molecule has 0 N–H and O–H groups in total. The molecule has 0 fully saturated rings. The topological polar surface area (TPSA) is 60.2 Å². The lowest BCUT2D eigenvalue weighted by Gasteiger charge is -2.11. The van der Waals surface area contributed by atoms with Crippen LogP contribution in [0.3, 0.4) is 0 Å². The van der Waals surface area contributed by atoms with E-state index in [9.17, 15) is 14.9 Å². The molecule has 0 aliphatic heterocycles. The Hall–Kier alpha value is -1.71. The first kappa shape index (κ1) is 12.4. The zero-order chi connectivity index (χ0) is 12.1. The van der Waals surface area contributed by atoms with Gasteiger partial charge in [-0.2, -0.15) is 0 Å². The predicted molar refractivity (Wildman–Crippen MR) is 61.1 cm³/mol. The normalized spacial score (nSPS) is 12.1. The highest BCUT2D eigenvalue weighted by Gasteiger charge is 2.19. The van der Waals surface area contributed by atoms with Crippen LogP contribution in [-0.4, -0.2) is 17.3 Å². The van der Waals surface area contributed by atoms with Gasteiger partial charge in [0.25, 0.3) is 0 Å². The maximum atomic E-state index is 11.1. The first-order chi connectivity index (χ1) is 7.49. The van der Waals surface area contributed by atoms with E-state index >= 15 is 0 Å². The van der Waals surface area contributed by atoms with Gasteiger partial charge in [0.05, 0.1) is 5.92 Å². The van der Waals surface area contributed by atoms with Crippen molar-refractivity contribution in [3.05, 3.63) is 45.5 Å². The number of hydrogen-bond donors (Lipinski definition) is 0. The number of nitrogens with zero attached hydrogens (tertiary/aromatic N) is 1. The van der Waals surface area contributed by atoms with Crippen molar-refractivity contribution in [1.82, 2.24) is 0 Å². The van der Waals surface area contributed by atoms with Crippen molar-refractivity contribution in [2.45, 2.75) is 26.2 Å². The largest absolute Gasteiger partial charge is 0.300 e. The van der Waals surface area contributed by atoms with E-state index in [4.69, 9.17) is 0 Å². The van der Waals surface area contributed by atoms with Crippen LogP contribution in [0.25, 0.3) is 0 Å². The molecule has 1 atom stereocenters. The summed E-state index contributed by atoms with van der Waals surface area (Å²) in [5.74, 6) is -0.333. The highest BCUT2D eigenvalue weighted by Crippen LogP contribution is 2.20. The standard InChI is InChI=1S/C12H15NO3/c1-9-3-5-11(6-4-9)12(7-10(2)14)8-13(15)16/h3-6,12H,7-8H2,1-2H3/t12-/m0/s1. The molecule has 0 spiro atoms. The van der Waals surface area contributed by atoms with Crippen LogP contribution in [0.4, 0.5) is 0 Å². The average molecular weight is 221 g/mol. The van der Waals surface area contributed by atoms with Crippen molar-refractivity contribution < 1.29 is 9.72 Å². The Kier molecular flexibility index (Phi) is 4.17. The quantitative estimate of drug-likeness (QED) is 0.566. The van der Waals surface area contributed by atoms with Crippen LogP contribution in [-0.2, 0) is 4.79 Å². The Bertz CT molecular complexity index is 368. The summed E-state index contributed by atoms with van der Waals surface area (Å²) in [6.07, 6.45) is 0.226. The van der Waals surface area contributed by atoms with Crippen LogP contribution in [0.2, 0.25) is 0 Å². The van der Waals surface area contributed by atoms with Gasteiger partial charge in [-0.25, -0.2) is 0 Å². The summed E-state index contributed by atoms with van der Waals surface area (Å²) >= 11 is 0. The Balaban J connectivity index is 2.86. The fraction of sp³-hybridized carbons (Fsp3) is 0.417. The van der Waals surface area contributed by atoms with Crippen LogP contribution in [0, 0.1) is 17.0 Å². The van der Waals surface area contributed by atoms with Gasteiger partial charge in [0.2, 0.25) is 6.54 Å². The zero-order valence-electron chi connectivity index (χ0n) is 9.47. The van der Waals surface area contributed by atoms with E-state index in [-0.39, 0.29) is 29.6 Å². The summed E-state index contributed by atoms with van der Waals surface area (Å²) in [4.78, 5) is 21.2. The Morgan fingerprint density at radius 1 is 1.38 bits per heavy atom. The van der Waals surface area contributed by atoms with E-state index in [0.29, 0.717) is 0 Å². The second-order valence-corrected chi connectivity index (χ2v) is 4.03. The van der Waals surface area contributed by atoms with Crippen molar-refractivity contribution in [3.8, 4) is 0 Å². The number of carbonyl (C=O) groups excluding carboxylic acids is 1. The number of rotatable bonds is 5. The fourth-order valence-corrected chi connectivity index (χ4v) is 1.65. The molecule has 0 aliphatic rings. The molecule has 4 nitrogen and oxygen atoms in total. The predicted octanol–water partition coefficient (Wildman–Crippen LogP) is 2.33. The molecule has 0 radical (unpaired) electrons. The fourth-order valence-electron chi connectivity index (χ4n) is 1.65. The molecule has 0 bridgehead atoms. The van der Waals surface area contributed by atoms with Crippen molar-refractivity contribution in [2.75, 3.05) is 6.54 Å². The third kappa shape index (κ3) is 3.81. The van der Waals surface area contributed by atoms with Gasteiger partial charge < -0.3 is 4.79 Å². The first-order valence-corrected chi connectivity index (χ1v) is 5.17. The molecule has 16 heavy (non-hydrogen) atoms. The number of hydrogen-bond acceptors (Lipinski definition) is 3. The Morgan fingerprint density at radius 3 is 2.38 bits per heavy atom. The molecule has 0 aromatic heterocycles. The maximum Gasteiger partial charge on any atom is 0.211 e. The molecule has 86 valence electrons. The number of aryl methyl sites for hydroxylation is 1. The van der Waals surface area contributed by atoms with E-state index in [1.165, 1.54) is 6.92 Å². The molecule has 4 heteroatoms. The van der Waals surface area contributed by atoms with Gasteiger partial charge in [0.15, 0.2) is 0 Å². The highest BCUT2D eigenvalue weighted by atomic mass is 16.6. The number of nitro groups is 1. The van der Waals surface area contributed by atoms with E-state index in [0.717, 1.165) is 11.1 Å². The lowest BCUT2D eigenvalue weighted by molar-refractivity contribution is -0.483. The van der Waals surface area contributed by atoms with E-state index in [2.05, 4.69) is 0 Å². The summed E-state index contributed by atoms with van der Waals surface area (Å²) in [5, 5.41) is 10.5. The monoisotopic (exact) mass is 221 g/mol. The maximum absolute atomic E-state index is 11.1. The van der Waals surface area contributed by atoms with Gasteiger partial charge in [-0.05, 0) is 19.4 Å².